The number of carboxylic acids is 1. The van der Waals surface area contributed by atoms with E-state index in [1.165, 1.54) is 26.4 Å². The second kappa shape index (κ2) is 8.46. The molecule has 0 radical (unpaired) electrons. The minimum Gasteiger partial charge on any atom is -0.545 e. The summed E-state index contributed by atoms with van der Waals surface area (Å²) in [7, 11) is 2.52. The third-order valence-corrected chi connectivity index (χ3v) is 3.69. The van der Waals surface area contributed by atoms with Crippen molar-refractivity contribution in [1.82, 2.24) is 0 Å². The molecule has 12 heteroatoms. The molecule has 0 spiro atoms. The highest BCUT2D eigenvalue weighted by Crippen LogP contribution is 2.35. The number of hydrogen-bond donors (Lipinski definition) is 1. The highest BCUT2D eigenvalue weighted by atomic mass is 19.4. The van der Waals surface area contributed by atoms with Crippen LogP contribution in [0.15, 0.2) is 35.4 Å². The van der Waals surface area contributed by atoms with Crippen LogP contribution in [0, 0.1) is 10.1 Å². The third kappa shape index (κ3) is 4.72. The maximum Gasteiger partial charge on any atom is 0.416 e. The first kappa shape index (κ1) is 21.5. The van der Waals surface area contributed by atoms with Gasteiger partial charge in [0.25, 0.3) is 5.69 Å². The zero-order chi connectivity index (χ0) is 21.8. The Bertz CT molecular complexity index is 976. The molecule has 2 aromatic rings. The lowest BCUT2D eigenvalue weighted by Gasteiger charge is -2.15. The summed E-state index contributed by atoms with van der Waals surface area (Å²) in [6.07, 6.45) is -3.76. The summed E-state index contributed by atoms with van der Waals surface area (Å²) >= 11 is 0. The van der Waals surface area contributed by atoms with E-state index in [9.17, 15) is 33.2 Å². The monoisotopic (exact) mass is 412 g/mol. The van der Waals surface area contributed by atoms with E-state index in [0.717, 1.165) is 12.3 Å². The van der Waals surface area contributed by atoms with Crippen molar-refractivity contribution >= 4 is 23.6 Å². The molecule has 0 aromatic heterocycles. The second-order valence-electron chi connectivity index (χ2n) is 5.41. The maximum atomic E-state index is 12.7. The Morgan fingerprint density at radius 1 is 1.21 bits per heavy atom. The van der Waals surface area contributed by atoms with Gasteiger partial charge in [-0.3, -0.25) is 15.5 Å². The van der Waals surface area contributed by atoms with E-state index in [0.29, 0.717) is 12.1 Å². The number of aromatic carboxylic acids is 1. The summed E-state index contributed by atoms with van der Waals surface area (Å²) in [6, 6.07) is 4.56. The molecule has 0 aliphatic heterocycles. The van der Waals surface area contributed by atoms with E-state index in [2.05, 4.69) is 10.5 Å². The molecule has 0 heterocycles. The summed E-state index contributed by atoms with van der Waals surface area (Å²) in [5.74, 6) is -1.60. The Labute approximate surface area is 161 Å². The Balaban J connectivity index is 2.40. The minimum absolute atomic E-state index is 0.00437. The van der Waals surface area contributed by atoms with Crippen molar-refractivity contribution < 1.29 is 37.5 Å². The van der Waals surface area contributed by atoms with Crippen LogP contribution >= 0.6 is 0 Å². The number of nitrogens with one attached hydrogen (secondary N) is 1. The average molecular weight is 412 g/mol. The van der Waals surface area contributed by atoms with Gasteiger partial charge in [-0.2, -0.15) is 18.3 Å². The van der Waals surface area contributed by atoms with Crippen LogP contribution in [0.3, 0.4) is 0 Å². The van der Waals surface area contributed by atoms with Crippen LogP contribution in [0.1, 0.15) is 21.5 Å². The molecule has 0 aliphatic rings. The first-order valence-electron chi connectivity index (χ1n) is 7.71. The number of nitrogens with zero attached hydrogens (tertiary/aromatic N) is 2. The van der Waals surface area contributed by atoms with Gasteiger partial charge >= 0.3 is 6.18 Å². The first-order chi connectivity index (χ1) is 13.6. The number of nitro groups is 1. The van der Waals surface area contributed by atoms with E-state index < -0.39 is 28.3 Å². The molecule has 9 nitrogen and oxygen atoms in total. The van der Waals surface area contributed by atoms with Gasteiger partial charge in [-0.1, -0.05) is 0 Å². The van der Waals surface area contributed by atoms with Crippen molar-refractivity contribution in [3.05, 3.63) is 57.1 Å². The van der Waals surface area contributed by atoms with Crippen LogP contribution in [0.4, 0.5) is 24.5 Å². The van der Waals surface area contributed by atoms with Crippen molar-refractivity contribution in [2.45, 2.75) is 6.18 Å². The van der Waals surface area contributed by atoms with E-state index in [1.807, 2.05) is 0 Å². The smallest absolute Gasteiger partial charge is 0.416 e. The zero-order valence-electron chi connectivity index (χ0n) is 14.9. The lowest BCUT2D eigenvalue weighted by molar-refractivity contribution is -0.384. The quantitative estimate of drug-likeness (QED) is 0.420. The van der Waals surface area contributed by atoms with Gasteiger partial charge in [-0.25, -0.2) is 0 Å². The molecule has 0 unspecified atom stereocenters. The van der Waals surface area contributed by atoms with Gasteiger partial charge < -0.3 is 19.4 Å². The van der Waals surface area contributed by atoms with Gasteiger partial charge in [-0.15, -0.1) is 0 Å². The molecule has 2 rings (SSSR count). The van der Waals surface area contributed by atoms with Gasteiger partial charge in [0.2, 0.25) is 0 Å². The molecule has 0 fully saturated rings. The van der Waals surface area contributed by atoms with Gasteiger partial charge in [0.05, 0.1) is 42.5 Å². The lowest BCUT2D eigenvalue weighted by atomic mass is 10.1. The van der Waals surface area contributed by atoms with E-state index in [4.69, 9.17) is 9.47 Å². The van der Waals surface area contributed by atoms with Crippen molar-refractivity contribution in [2.75, 3.05) is 19.6 Å². The fourth-order valence-electron chi connectivity index (χ4n) is 2.39. The minimum atomic E-state index is -4.75. The highest BCUT2D eigenvalue weighted by Gasteiger charge is 2.33. The Kier molecular flexibility index (Phi) is 6.26. The predicted octanol–water partition coefficient (Wildman–Crippen LogP) is 2.44. The molecule has 29 heavy (non-hydrogen) atoms. The zero-order valence-corrected chi connectivity index (χ0v) is 14.9. The number of carboxylic acid groups (broad SMARTS) is 1. The molecule has 0 saturated carbocycles. The van der Waals surface area contributed by atoms with Crippen LogP contribution in [0.2, 0.25) is 0 Å². The molecule has 0 amide bonds. The van der Waals surface area contributed by atoms with Crippen LogP contribution in [-0.4, -0.2) is 31.3 Å². The van der Waals surface area contributed by atoms with Crippen molar-refractivity contribution in [3.63, 3.8) is 0 Å². The predicted molar refractivity (Wildman–Crippen MR) is 93.2 cm³/mol. The first-order valence-corrected chi connectivity index (χ1v) is 7.71. The topological polar surface area (TPSA) is 126 Å². The summed E-state index contributed by atoms with van der Waals surface area (Å²) in [5, 5.41) is 26.2. The number of alkyl halides is 3. The van der Waals surface area contributed by atoms with Crippen molar-refractivity contribution in [3.8, 4) is 11.5 Å². The Morgan fingerprint density at radius 3 is 2.41 bits per heavy atom. The summed E-state index contributed by atoms with van der Waals surface area (Å²) in [5.41, 5.74) is -0.534. The number of ether oxygens (including phenoxy) is 2. The van der Waals surface area contributed by atoms with Gasteiger partial charge in [-0.05, 0) is 24.3 Å². The largest absolute Gasteiger partial charge is 0.545 e. The van der Waals surface area contributed by atoms with E-state index in [1.54, 1.807) is 0 Å². The number of anilines is 1. The number of methoxy groups -OCH3 is 2. The van der Waals surface area contributed by atoms with Crippen LogP contribution < -0.4 is 20.0 Å². The molecule has 0 aliphatic carbocycles. The maximum absolute atomic E-state index is 12.7. The molecule has 0 saturated heterocycles. The SMILES string of the molecule is COc1ccc(/C=N\Nc2ccc(C(F)(F)F)cc2[N+](=O)[O-])c(C(=O)[O-])c1OC. The average Bonchev–Trinajstić information content (AvgIpc) is 2.66. The fourth-order valence-corrected chi connectivity index (χ4v) is 2.39. The number of rotatable bonds is 7. The molecule has 0 atom stereocenters. The number of hydrazone groups is 1. The normalized spacial score (nSPS) is 11.3. The van der Waals surface area contributed by atoms with Crippen molar-refractivity contribution in [2.24, 2.45) is 5.10 Å². The third-order valence-electron chi connectivity index (χ3n) is 3.69. The highest BCUT2D eigenvalue weighted by molar-refractivity contribution is 6.01. The van der Waals surface area contributed by atoms with E-state index >= 15 is 0 Å². The number of hydrogen-bond acceptors (Lipinski definition) is 8. The summed E-state index contributed by atoms with van der Waals surface area (Å²) < 4.78 is 48.2. The molecule has 2 aromatic carbocycles. The van der Waals surface area contributed by atoms with Gasteiger partial charge in [0.1, 0.15) is 5.69 Å². The Morgan fingerprint density at radius 2 is 1.90 bits per heavy atom. The van der Waals surface area contributed by atoms with Crippen LogP contribution in [0.5, 0.6) is 11.5 Å². The summed E-state index contributed by atoms with van der Waals surface area (Å²) in [6.45, 7) is 0. The summed E-state index contributed by atoms with van der Waals surface area (Å²) in [4.78, 5) is 21.5. The molecule has 1 N–H and O–H groups in total. The fraction of sp³-hybridized carbons (Fsp3) is 0.176. The molecular weight excluding hydrogens is 399 g/mol. The second-order valence-corrected chi connectivity index (χ2v) is 5.41. The van der Waals surface area contributed by atoms with Crippen LogP contribution in [0.25, 0.3) is 0 Å². The van der Waals surface area contributed by atoms with E-state index in [-0.39, 0.29) is 28.3 Å². The van der Waals surface area contributed by atoms with Crippen molar-refractivity contribution in [1.29, 1.82) is 0 Å². The van der Waals surface area contributed by atoms with Gasteiger partial charge in [0, 0.05) is 11.6 Å². The molecular formula is C17H13F3N3O6-. The molecule has 0 bridgehead atoms. The number of carbonyl (C=O) groups excluding carboxylic acids is 1. The van der Waals surface area contributed by atoms with Crippen LogP contribution in [-0.2, 0) is 6.18 Å². The number of halogens is 3. The van der Waals surface area contributed by atoms with Gasteiger partial charge in [0.15, 0.2) is 11.5 Å². The number of nitro benzene ring substituents is 1. The standard InChI is InChI=1S/C17H14F3N3O6/c1-28-13-6-3-9(14(16(24)25)15(13)29-2)8-21-22-11-5-4-10(17(18,19)20)7-12(11)23(26)27/h3-8,22H,1-2H3,(H,24,25)/p-1/b21-8-. The number of carbonyl (C=O) groups is 1. The Hall–Kier alpha value is -3.83. The lowest BCUT2D eigenvalue weighted by Crippen LogP contribution is -2.25. The molecule has 154 valence electrons. The number of benzene rings is 2.